The van der Waals surface area contributed by atoms with E-state index in [2.05, 4.69) is 17.3 Å². The Morgan fingerprint density at radius 1 is 1.00 bits per heavy atom. The first kappa shape index (κ1) is 26.0. The minimum atomic E-state index is -0.335. The fraction of sp³-hybridized carbons (Fsp3) is 0.406. The van der Waals surface area contributed by atoms with E-state index in [0.717, 1.165) is 79.3 Å². The summed E-state index contributed by atoms with van der Waals surface area (Å²) in [4.78, 5) is 17.0. The molecule has 2 bridgehead atoms. The number of ether oxygens (including phenoxy) is 2. The van der Waals surface area contributed by atoms with Gasteiger partial charge in [-0.2, -0.15) is 0 Å². The lowest BCUT2D eigenvalue weighted by molar-refractivity contribution is -0.127. The molecule has 2 heterocycles. The van der Waals surface area contributed by atoms with E-state index in [1.165, 1.54) is 7.11 Å². The molecule has 2 aromatic heterocycles. The quantitative estimate of drug-likeness (QED) is 0.205. The maximum Gasteiger partial charge on any atom is 0.337 e. The van der Waals surface area contributed by atoms with Gasteiger partial charge in [-0.05, 0) is 87.8 Å². The molecule has 0 unspecified atom stereocenters. The molecule has 0 N–H and O–H groups in total. The molecule has 0 amide bonds. The monoisotopic (exact) mass is 576 g/mol. The van der Waals surface area contributed by atoms with Gasteiger partial charge >= 0.3 is 5.97 Å². The van der Waals surface area contributed by atoms with Crippen molar-refractivity contribution in [2.24, 2.45) is 0 Å². The van der Waals surface area contributed by atoms with Crippen molar-refractivity contribution >= 4 is 40.1 Å². The molecule has 4 aromatic rings. The molecule has 0 spiro atoms. The Morgan fingerprint density at radius 2 is 1.73 bits per heavy atom. The number of aromatic nitrogens is 2. The van der Waals surface area contributed by atoms with Crippen LogP contribution in [0, 0.1) is 0 Å². The fourth-order valence-electron chi connectivity index (χ4n) is 6.69. The minimum absolute atomic E-state index is 0.0624. The molecule has 4 fully saturated rings. The molecule has 0 atom stereocenters. The normalized spacial score (nSPS) is 24.0. The Morgan fingerprint density at radius 3 is 2.40 bits per heavy atom. The van der Waals surface area contributed by atoms with Gasteiger partial charge in [0, 0.05) is 33.5 Å². The molecular weight excluding hydrogens is 547 g/mol. The van der Waals surface area contributed by atoms with E-state index < -0.39 is 0 Å². The number of hydrogen-bond donors (Lipinski definition) is 0. The van der Waals surface area contributed by atoms with Crippen LogP contribution in [0.5, 0.6) is 0 Å². The molecule has 0 saturated heterocycles. The Bertz CT molecular complexity index is 1580. The third-order valence-corrected chi connectivity index (χ3v) is 9.95. The number of nitrogens with zero attached hydrogens (tertiary/aromatic N) is 2. The number of carbonyl (C=O) groups is 1. The summed E-state index contributed by atoms with van der Waals surface area (Å²) in [6, 6.07) is 15.3. The van der Waals surface area contributed by atoms with Gasteiger partial charge in [0.25, 0.3) is 0 Å². The number of esters is 1. The lowest BCUT2D eigenvalue weighted by Crippen LogP contribution is -2.50. The molecule has 6 nitrogen and oxygen atoms in total. The average molecular weight is 578 g/mol. The van der Waals surface area contributed by atoms with Gasteiger partial charge in [0.2, 0.25) is 0 Å². The predicted octanol–water partition coefficient (Wildman–Crippen LogP) is 8.42. The number of carbonyl (C=O) groups excluding carboxylic acids is 1. The number of methoxy groups -OCH3 is 1. The largest absolute Gasteiger partial charge is 0.465 e. The van der Waals surface area contributed by atoms with Crippen LogP contribution in [0.25, 0.3) is 22.2 Å². The van der Waals surface area contributed by atoms with Crippen LogP contribution in [-0.4, -0.2) is 28.8 Å². The second-order valence-corrected chi connectivity index (χ2v) is 12.4. The SMILES string of the molecule is COC(=O)c1ccc2nc(C34CCC(OCc5c(-c6c(Cl)cccc6Cl)noc5C5CC5)(CC3)CC4)ccc2c1. The summed E-state index contributed by atoms with van der Waals surface area (Å²) < 4.78 is 17.5. The summed E-state index contributed by atoms with van der Waals surface area (Å²) in [5.41, 5.74) is 4.89. The number of pyridine rings is 1. The Labute approximate surface area is 242 Å². The van der Waals surface area contributed by atoms with Crippen LogP contribution in [0.1, 0.15) is 84.7 Å². The Kier molecular flexibility index (Phi) is 6.41. The van der Waals surface area contributed by atoms with Crippen molar-refractivity contribution in [1.29, 1.82) is 0 Å². The molecule has 4 aliphatic carbocycles. The van der Waals surface area contributed by atoms with Gasteiger partial charge in [-0.25, -0.2) is 4.79 Å². The van der Waals surface area contributed by atoms with Crippen molar-refractivity contribution < 1.29 is 18.8 Å². The van der Waals surface area contributed by atoms with E-state index in [0.29, 0.717) is 39.4 Å². The molecule has 4 saturated carbocycles. The maximum atomic E-state index is 11.9. The number of benzene rings is 2. The third-order valence-electron chi connectivity index (χ3n) is 9.32. The second-order valence-electron chi connectivity index (χ2n) is 11.6. The van der Waals surface area contributed by atoms with Crippen LogP contribution < -0.4 is 0 Å². The first-order valence-electron chi connectivity index (χ1n) is 14.0. The van der Waals surface area contributed by atoms with Gasteiger partial charge < -0.3 is 14.0 Å². The zero-order chi connectivity index (χ0) is 27.5. The van der Waals surface area contributed by atoms with Crippen molar-refractivity contribution in [2.75, 3.05) is 7.11 Å². The van der Waals surface area contributed by atoms with E-state index >= 15 is 0 Å². The lowest BCUT2D eigenvalue weighted by atomic mass is 9.57. The van der Waals surface area contributed by atoms with E-state index in [-0.39, 0.29) is 17.0 Å². The molecule has 2 aromatic carbocycles. The van der Waals surface area contributed by atoms with Gasteiger partial charge in [-0.3, -0.25) is 4.98 Å². The highest BCUT2D eigenvalue weighted by Crippen LogP contribution is 2.55. The first-order valence-corrected chi connectivity index (χ1v) is 14.7. The molecule has 0 aliphatic heterocycles. The van der Waals surface area contributed by atoms with Crippen LogP contribution in [0.15, 0.2) is 53.1 Å². The summed E-state index contributed by atoms with van der Waals surface area (Å²) in [6.45, 7) is 0.440. The van der Waals surface area contributed by atoms with Gasteiger partial charge in [-0.1, -0.05) is 40.5 Å². The van der Waals surface area contributed by atoms with Crippen molar-refractivity contribution in [1.82, 2.24) is 10.1 Å². The zero-order valence-corrected chi connectivity index (χ0v) is 23.9. The van der Waals surface area contributed by atoms with Crippen molar-refractivity contribution in [3.05, 3.63) is 81.2 Å². The smallest absolute Gasteiger partial charge is 0.337 e. The maximum absolute atomic E-state index is 11.9. The van der Waals surface area contributed by atoms with E-state index in [9.17, 15) is 4.79 Å². The topological polar surface area (TPSA) is 74.5 Å². The molecule has 4 aliphatic rings. The second kappa shape index (κ2) is 9.86. The van der Waals surface area contributed by atoms with Gasteiger partial charge in [-0.15, -0.1) is 0 Å². The number of hydrogen-bond acceptors (Lipinski definition) is 6. The van der Waals surface area contributed by atoms with Crippen LogP contribution in [0.4, 0.5) is 0 Å². The zero-order valence-electron chi connectivity index (χ0n) is 22.3. The predicted molar refractivity (Wildman–Crippen MR) is 154 cm³/mol. The van der Waals surface area contributed by atoms with Crippen molar-refractivity contribution in [3.8, 4) is 11.3 Å². The van der Waals surface area contributed by atoms with E-state index in [4.69, 9.17) is 42.2 Å². The third kappa shape index (κ3) is 4.41. The first-order chi connectivity index (χ1) is 19.4. The van der Waals surface area contributed by atoms with Crippen LogP contribution in [0.2, 0.25) is 10.0 Å². The van der Waals surface area contributed by atoms with Crippen LogP contribution in [-0.2, 0) is 21.5 Å². The van der Waals surface area contributed by atoms with E-state index in [1.807, 2.05) is 30.3 Å². The highest BCUT2D eigenvalue weighted by Gasteiger charge is 2.51. The summed E-state index contributed by atoms with van der Waals surface area (Å²) in [7, 11) is 1.40. The number of halogens is 2. The highest BCUT2D eigenvalue weighted by atomic mass is 35.5. The summed E-state index contributed by atoms with van der Waals surface area (Å²) in [6.07, 6.45) is 8.28. The van der Waals surface area contributed by atoms with Gasteiger partial charge in [0.1, 0.15) is 11.5 Å². The van der Waals surface area contributed by atoms with E-state index in [1.54, 1.807) is 6.07 Å². The van der Waals surface area contributed by atoms with Crippen LogP contribution in [0.3, 0.4) is 0 Å². The highest BCUT2D eigenvalue weighted by molar-refractivity contribution is 6.39. The van der Waals surface area contributed by atoms with Crippen molar-refractivity contribution in [2.45, 2.75) is 74.9 Å². The lowest BCUT2D eigenvalue weighted by Gasteiger charge is -2.52. The minimum Gasteiger partial charge on any atom is -0.465 e. The van der Waals surface area contributed by atoms with Crippen LogP contribution >= 0.6 is 23.2 Å². The molecule has 40 heavy (non-hydrogen) atoms. The summed E-state index contributed by atoms with van der Waals surface area (Å²) in [5.74, 6) is 0.976. The molecule has 0 radical (unpaired) electrons. The Balaban J connectivity index is 1.10. The number of fused-ring (bicyclic) bond motifs is 4. The fourth-order valence-corrected chi connectivity index (χ4v) is 7.27. The Hall–Kier alpha value is -2.93. The van der Waals surface area contributed by atoms with Gasteiger partial charge in [0.15, 0.2) is 0 Å². The summed E-state index contributed by atoms with van der Waals surface area (Å²) in [5, 5.41) is 6.50. The number of rotatable bonds is 7. The molecule has 8 heteroatoms. The summed E-state index contributed by atoms with van der Waals surface area (Å²) >= 11 is 13.1. The van der Waals surface area contributed by atoms with Crippen molar-refractivity contribution in [3.63, 3.8) is 0 Å². The van der Waals surface area contributed by atoms with Gasteiger partial charge in [0.05, 0.1) is 40.4 Å². The molecule has 206 valence electrons. The average Bonchev–Trinajstić information content (AvgIpc) is 3.75. The molecule has 8 rings (SSSR count). The standard InChI is InChI=1S/C32H30Cl2N2O4/c1-38-30(37)21-7-9-25-20(17-21)8-10-26(35-25)31-11-14-32(15-12-31,16-13-31)39-18-22-28(36-40-29(22)19-5-6-19)27-23(33)3-2-4-24(27)34/h2-4,7-10,17,19H,5-6,11-16,18H2,1H3. The molecular formula is C32H30Cl2N2O4.